The average molecular weight is 303 g/mol. The highest BCUT2D eigenvalue weighted by atomic mass is 19.1. The lowest BCUT2D eigenvalue weighted by Gasteiger charge is -2.23. The predicted octanol–water partition coefficient (Wildman–Crippen LogP) is 2.90. The van der Waals surface area contributed by atoms with E-state index in [0.717, 1.165) is 49.7 Å². The standard InChI is InChI=1S/C17H22FN3O/c1-12-17(10-19-15-4-3-9-22-11-15)13(2)21(20-12)16-7-5-14(18)6-8-16/h5-8,15,19H,3-4,9-11H2,1-2H3. The lowest BCUT2D eigenvalue weighted by molar-refractivity contribution is 0.0699. The smallest absolute Gasteiger partial charge is 0.123 e. The van der Waals surface area contributed by atoms with Crippen LogP contribution in [0.4, 0.5) is 4.39 Å². The second-order valence-corrected chi connectivity index (χ2v) is 5.83. The van der Waals surface area contributed by atoms with Gasteiger partial charge in [0.15, 0.2) is 0 Å². The summed E-state index contributed by atoms with van der Waals surface area (Å²) in [7, 11) is 0. The predicted molar refractivity (Wildman–Crippen MR) is 83.7 cm³/mol. The third-order valence-electron chi connectivity index (χ3n) is 4.24. The quantitative estimate of drug-likeness (QED) is 0.944. The molecule has 1 aliphatic rings. The molecule has 2 heterocycles. The molecule has 1 unspecified atom stereocenters. The molecule has 0 bridgehead atoms. The molecule has 22 heavy (non-hydrogen) atoms. The molecule has 0 aliphatic carbocycles. The van der Waals surface area contributed by atoms with Crippen LogP contribution in [0.1, 0.15) is 29.8 Å². The van der Waals surface area contributed by atoms with Gasteiger partial charge in [0, 0.05) is 30.5 Å². The number of aryl methyl sites for hydroxylation is 1. The summed E-state index contributed by atoms with van der Waals surface area (Å²) < 4.78 is 20.4. The maximum Gasteiger partial charge on any atom is 0.123 e. The summed E-state index contributed by atoms with van der Waals surface area (Å²) in [4.78, 5) is 0. The molecule has 1 N–H and O–H groups in total. The Kier molecular flexibility index (Phi) is 4.55. The van der Waals surface area contributed by atoms with Gasteiger partial charge in [-0.15, -0.1) is 0 Å². The van der Waals surface area contributed by atoms with Crippen LogP contribution >= 0.6 is 0 Å². The Balaban J connectivity index is 1.76. The monoisotopic (exact) mass is 303 g/mol. The lowest BCUT2D eigenvalue weighted by atomic mass is 10.1. The highest BCUT2D eigenvalue weighted by Gasteiger charge is 2.17. The van der Waals surface area contributed by atoms with Crippen molar-refractivity contribution in [3.8, 4) is 5.69 Å². The minimum absolute atomic E-state index is 0.232. The third kappa shape index (κ3) is 3.20. The summed E-state index contributed by atoms with van der Waals surface area (Å²) in [5.74, 6) is -0.232. The van der Waals surface area contributed by atoms with Crippen LogP contribution in [0.5, 0.6) is 0 Å². The van der Waals surface area contributed by atoms with Gasteiger partial charge in [0.1, 0.15) is 5.82 Å². The first-order valence-electron chi connectivity index (χ1n) is 7.77. The van der Waals surface area contributed by atoms with E-state index in [0.29, 0.717) is 6.04 Å². The van der Waals surface area contributed by atoms with Gasteiger partial charge in [-0.3, -0.25) is 0 Å². The highest BCUT2D eigenvalue weighted by molar-refractivity contribution is 5.37. The molecule has 1 atom stereocenters. The fourth-order valence-corrected chi connectivity index (χ4v) is 2.91. The van der Waals surface area contributed by atoms with Gasteiger partial charge in [-0.05, 0) is 51.0 Å². The van der Waals surface area contributed by atoms with Crippen molar-refractivity contribution in [3.63, 3.8) is 0 Å². The average Bonchev–Trinajstić information content (AvgIpc) is 2.82. The topological polar surface area (TPSA) is 39.1 Å². The van der Waals surface area contributed by atoms with Crippen LogP contribution in [0, 0.1) is 19.7 Å². The Labute approximate surface area is 130 Å². The van der Waals surface area contributed by atoms with Gasteiger partial charge in [0.25, 0.3) is 0 Å². The van der Waals surface area contributed by atoms with Crippen LogP contribution in [-0.4, -0.2) is 29.0 Å². The van der Waals surface area contributed by atoms with E-state index in [1.807, 2.05) is 11.6 Å². The number of nitrogens with one attached hydrogen (secondary N) is 1. The fourth-order valence-electron chi connectivity index (χ4n) is 2.91. The molecule has 1 fully saturated rings. The van der Waals surface area contributed by atoms with Gasteiger partial charge in [-0.25, -0.2) is 9.07 Å². The molecular formula is C17H22FN3O. The van der Waals surface area contributed by atoms with Crippen molar-refractivity contribution in [2.45, 2.75) is 39.3 Å². The molecule has 1 aliphatic heterocycles. The number of halogens is 1. The number of rotatable bonds is 4. The molecule has 0 saturated carbocycles. The van der Waals surface area contributed by atoms with Crippen molar-refractivity contribution in [1.29, 1.82) is 0 Å². The van der Waals surface area contributed by atoms with E-state index in [2.05, 4.69) is 17.3 Å². The number of aromatic nitrogens is 2. The highest BCUT2D eigenvalue weighted by Crippen LogP contribution is 2.19. The zero-order valence-corrected chi connectivity index (χ0v) is 13.1. The van der Waals surface area contributed by atoms with E-state index in [-0.39, 0.29) is 5.82 Å². The van der Waals surface area contributed by atoms with E-state index < -0.39 is 0 Å². The Morgan fingerprint density at radius 2 is 2.09 bits per heavy atom. The Morgan fingerprint density at radius 1 is 1.32 bits per heavy atom. The van der Waals surface area contributed by atoms with Crippen LogP contribution in [0.25, 0.3) is 5.69 Å². The molecular weight excluding hydrogens is 281 g/mol. The fraction of sp³-hybridized carbons (Fsp3) is 0.471. The lowest BCUT2D eigenvalue weighted by Crippen LogP contribution is -2.36. The number of nitrogens with zero attached hydrogens (tertiary/aromatic N) is 2. The normalized spacial score (nSPS) is 18.6. The van der Waals surface area contributed by atoms with Gasteiger partial charge >= 0.3 is 0 Å². The summed E-state index contributed by atoms with van der Waals surface area (Å²) in [6.07, 6.45) is 2.27. The van der Waals surface area contributed by atoms with Crippen molar-refractivity contribution < 1.29 is 9.13 Å². The Morgan fingerprint density at radius 3 is 2.77 bits per heavy atom. The van der Waals surface area contributed by atoms with E-state index in [1.165, 1.54) is 17.7 Å². The molecule has 0 spiro atoms. The summed E-state index contributed by atoms with van der Waals surface area (Å²) in [6, 6.07) is 6.84. The molecule has 1 saturated heterocycles. The maximum absolute atomic E-state index is 13.1. The second kappa shape index (κ2) is 6.58. The minimum atomic E-state index is -0.232. The largest absolute Gasteiger partial charge is 0.380 e. The number of benzene rings is 1. The maximum atomic E-state index is 13.1. The zero-order chi connectivity index (χ0) is 15.5. The van der Waals surface area contributed by atoms with Gasteiger partial charge in [0.05, 0.1) is 18.0 Å². The summed E-state index contributed by atoms with van der Waals surface area (Å²) in [5, 5.41) is 8.15. The van der Waals surface area contributed by atoms with Crippen molar-refractivity contribution >= 4 is 0 Å². The Bertz CT molecular complexity index is 630. The second-order valence-electron chi connectivity index (χ2n) is 5.83. The van der Waals surface area contributed by atoms with Gasteiger partial charge < -0.3 is 10.1 Å². The van der Waals surface area contributed by atoms with E-state index >= 15 is 0 Å². The van der Waals surface area contributed by atoms with Crippen molar-refractivity contribution in [3.05, 3.63) is 47.0 Å². The van der Waals surface area contributed by atoms with Crippen molar-refractivity contribution in [1.82, 2.24) is 15.1 Å². The minimum Gasteiger partial charge on any atom is -0.380 e. The van der Waals surface area contributed by atoms with Gasteiger partial charge in [0.2, 0.25) is 0 Å². The Hall–Kier alpha value is -1.72. The molecule has 3 rings (SSSR count). The van der Waals surface area contributed by atoms with E-state index in [1.54, 1.807) is 12.1 Å². The van der Waals surface area contributed by atoms with Crippen LogP contribution < -0.4 is 5.32 Å². The molecule has 5 heteroatoms. The molecule has 0 amide bonds. The first-order chi connectivity index (χ1) is 10.6. The number of hydrogen-bond donors (Lipinski definition) is 1. The number of hydrogen-bond acceptors (Lipinski definition) is 3. The molecule has 4 nitrogen and oxygen atoms in total. The summed E-state index contributed by atoms with van der Waals surface area (Å²) in [6.45, 7) is 6.51. The van der Waals surface area contributed by atoms with Crippen LogP contribution in [0.2, 0.25) is 0 Å². The van der Waals surface area contributed by atoms with Crippen LogP contribution in [-0.2, 0) is 11.3 Å². The van der Waals surface area contributed by atoms with E-state index in [4.69, 9.17) is 4.74 Å². The molecule has 2 aromatic rings. The third-order valence-corrected chi connectivity index (χ3v) is 4.24. The SMILES string of the molecule is Cc1nn(-c2ccc(F)cc2)c(C)c1CNC1CCCOC1. The molecule has 1 aromatic heterocycles. The zero-order valence-electron chi connectivity index (χ0n) is 13.1. The van der Waals surface area contributed by atoms with Gasteiger partial charge in [-0.1, -0.05) is 0 Å². The van der Waals surface area contributed by atoms with Gasteiger partial charge in [-0.2, -0.15) is 5.10 Å². The van der Waals surface area contributed by atoms with E-state index in [9.17, 15) is 4.39 Å². The number of ether oxygens (including phenoxy) is 1. The van der Waals surface area contributed by atoms with Crippen LogP contribution in [0.15, 0.2) is 24.3 Å². The molecule has 0 radical (unpaired) electrons. The first-order valence-corrected chi connectivity index (χ1v) is 7.77. The van der Waals surface area contributed by atoms with Crippen molar-refractivity contribution in [2.24, 2.45) is 0 Å². The summed E-state index contributed by atoms with van der Waals surface area (Å²) >= 11 is 0. The van der Waals surface area contributed by atoms with Crippen LogP contribution in [0.3, 0.4) is 0 Å². The van der Waals surface area contributed by atoms with Crippen molar-refractivity contribution in [2.75, 3.05) is 13.2 Å². The molecule has 1 aromatic carbocycles. The summed E-state index contributed by atoms with van der Waals surface area (Å²) in [5.41, 5.74) is 4.18. The molecule has 118 valence electrons. The first kappa shape index (κ1) is 15.2.